The Morgan fingerprint density at radius 1 is 0.897 bits per heavy atom. The van der Waals surface area contributed by atoms with Crippen molar-refractivity contribution in [3.8, 4) is 0 Å². The Labute approximate surface area is 225 Å². The molecule has 39 heavy (non-hydrogen) atoms. The summed E-state index contributed by atoms with van der Waals surface area (Å²) in [5.74, 6) is -2.70. The molecule has 0 saturated carbocycles. The van der Waals surface area contributed by atoms with Gasteiger partial charge in [0.2, 0.25) is 0 Å². The van der Waals surface area contributed by atoms with Gasteiger partial charge in [-0.25, -0.2) is 17.7 Å². The quantitative estimate of drug-likeness (QED) is 0.213. The number of pyridine rings is 1. The molecule has 0 spiro atoms. The highest BCUT2D eigenvalue weighted by Gasteiger charge is 2.33. The van der Waals surface area contributed by atoms with E-state index >= 15 is 0 Å². The van der Waals surface area contributed by atoms with Crippen LogP contribution in [-0.4, -0.2) is 60.0 Å². The molecule has 1 amide bonds. The number of carboxylic acid groups (broad SMARTS) is 1. The van der Waals surface area contributed by atoms with Crippen LogP contribution >= 0.6 is 0 Å². The van der Waals surface area contributed by atoms with Crippen molar-refractivity contribution in [2.24, 2.45) is 0 Å². The molecule has 0 aliphatic heterocycles. The summed E-state index contributed by atoms with van der Waals surface area (Å²) in [6.45, 7) is 1.18. The van der Waals surface area contributed by atoms with Gasteiger partial charge in [0.1, 0.15) is 0 Å². The van der Waals surface area contributed by atoms with Crippen LogP contribution in [0, 0.1) is 6.92 Å². The number of para-hydroxylation sites is 1. The Morgan fingerprint density at radius 3 is 2.23 bits per heavy atom. The molecule has 12 heteroatoms. The van der Waals surface area contributed by atoms with E-state index < -0.39 is 50.7 Å². The molecule has 0 saturated heterocycles. The highest BCUT2D eigenvalue weighted by molar-refractivity contribution is 7.89. The summed E-state index contributed by atoms with van der Waals surface area (Å²) in [6, 6.07) is 17.6. The number of hydrogen-bond acceptors (Lipinski definition) is 7. The van der Waals surface area contributed by atoms with Gasteiger partial charge >= 0.3 is 5.97 Å². The molecule has 0 unspecified atom stereocenters. The van der Waals surface area contributed by atoms with Gasteiger partial charge in [0.05, 0.1) is 33.7 Å². The minimum absolute atomic E-state index is 0.0131. The van der Waals surface area contributed by atoms with Gasteiger partial charge in [0, 0.05) is 17.3 Å². The fourth-order valence-corrected chi connectivity index (χ4v) is 6.27. The zero-order valence-electron chi connectivity index (χ0n) is 20.9. The van der Waals surface area contributed by atoms with Crippen LogP contribution < -0.4 is 0 Å². The summed E-state index contributed by atoms with van der Waals surface area (Å²) in [7, 11) is -8.68. The molecule has 1 aromatic heterocycles. The third-order valence-electron chi connectivity index (χ3n) is 6.22. The molecule has 0 aliphatic rings. The molecule has 2 N–H and O–H groups in total. The number of carbonyl (C=O) groups is 2. The van der Waals surface area contributed by atoms with E-state index in [1.807, 2.05) is 0 Å². The van der Waals surface area contributed by atoms with E-state index in [9.17, 15) is 31.5 Å². The van der Waals surface area contributed by atoms with Crippen molar-refractivity contribution in [2.45, 2.75) is 31.1 Å². The normalized spacial score (nSPS) is 12.1. The van der Waals surface area contributed by atoms with Crippen molar-refractivity contribution in [1.29, 1.82) is 0 Å². The molecule has 0 bridgehead atoms. The summed E-state index contributed by atoms with van der Waals surface area (Å²) in [5, 5.41) is 10.0. The molecule has 10 nitrogen and oxygen atoms in total. The lowest BCUT2D eigenvalue weighted by molar-refractivity contribution is -0.137. The first kappa shape index (κ1) is 28.1. The summed E-state index contributed by atoms with van der Waals surface area (Å²) in [5.41, 5.74) is 2.16. The first-order chi connectivity index (χ1) is 18.4. The fraction of sp³-hybridized carbons (Fsp3) is 0.222. The van der Waals surface area contributed by atoms with Crippen LogP contribution in [0.2, 0.25) is 0 Å². The molecule has 0 aliphatic carbocycles. The first-order valence-electron chi connectivity index (χ1n) is 12.0. The second-order valence-electron chi connectivity index (χ2n) is 9.04. The lowest BCUT2D eigenvalue weighted by atomic mass is 9.95. The van der Waals surface area contributed by atoms with Crippen LogP contribution in [-0.2, 0) is 31.4 Å². The van der Waals surface area contributed by atoms with Gasteiger partial charge in [0.15, 0.2) is 0 Å². The second kappa shape index (κ2) is 11.1. The number of benzene rings is 3. The third kappa shape index (κ3) is 6.24. The second-order valence-corrected chi connectivity index (χ2v) is 12.5. The van der Waals surface area contributed by atoms with Crippen molar-refractivity contribution in [3.63, 3.8) is 0 Å². The van der Waals surface area contributed by atoms with Crippen LogP contribution in [0.25, 0.3) is 21.8 Å². The van der Waals surface area contributed by atoms with Gasteiger partial charge in [-0.3, -0.25) is 14.1 Å². The molecule has 3 aromatic carbocycles. The SMILES string of the molecule is Cc1ccc(S(=O)(=O)N(CCC(=O)O)C(=O)c2c3ccccc3nc3cccc(CCCS(=O)(=O)O)c23)cc1. The lowest BCUT2D eigenvalue weighted by Crippen LogP contribution is -2.38. The number of amides is 1. The highest BCUT2D eigenvalue weighted by atomic mass is 32.2. The first-order valence-corrected chi connectivity index (χ1v) is 15.0. The zero-order valence-corrected chi connectivity index (χ0v) is 22.6. The van der Waals surface area contributed by atoms with Crippen molar-refractivity contribution in [2.75, 3.05) is 12.3 Å². The summed E-state index contributed by atoms with van der Waals surface area (Å²) in [4.78, 5) is 30.1. The van der Waals surface area contributed by atoms with Gasteiger partial charge in [-0.05, 0) is 49.6 Å². The van der Waals surface area contributed by atoms with Gasteiger partial charge < -0.3 is 5.11 Å². The average Bonchev–Trinajstić information content (AvgIpc) is 2.86. The molecular weight excluding hydrogens is 544 g/mol. The molecule has 0 atom stereocenters. The van der Waals surface area contributed by atoms with Gasteiger partial charge in [0.25, 0.3) is 26.0 Å². The molecule has 4 aromatic rings. The number of sulfonamides is 1. The van der Waals surface area contributed by atoms with Gasteiger partial charge in [-0.1, -0.05) is 48.0 Å². The number of aryl methyl sites for hydroxylation is 2. The van der Waals surface area contributed by atoms with Crippen molar-refractivity contribution in [3.05, 3.63) is 83.4 Å². The summed E-state index contributed by atoms with van der Waals surface area (Å²) >= 11 is 0. The minimum Gasteiger partial charge on any atom is -0.481 e. The van der Waals surface area contributed by atoms with E-state index in [-0.39, 0.29) is 23.3 Å². The van der Waals surface area contributed by atoms with E-state index in [2.05, 4.69) is 4.98 Å². The number of aromatic nitrogens is 1. The molecule has 1 heterocycles. The topological polar surface area (TPSA) is 159 Å². The number of hydrogen-bond donors (Lipinski definition) is 2. The minimum atomic E-state index is -4.46. The zero-order chi connectivity index (χ0) is 28.4. The van der Waals surface area contributed by atoms with Gasteiger partial charge in [-0.2, -0.15) is 8.42 Å². The highest BCUT2D eigenvalue weighted by Crippen LogP contribution is 2.32. The maximum atomic E-state index is 14.2. The van der Waals surface area contributed by atoms with Crippen LogP contribution in [0.15, 0.2) is 71.6 Å². The summed E-state index contributed by atoms with van der Waals surface area (Å²) < 4.78 is 59.7. The maximum Gasteiger partial charge on any atom is 0.305 e. The number of rotatable bonds is 10. The van der Waals surface area contributed by atoms with E-state index in [4.69, 9.17) is 4.55 Å². The lowest BCUT2D eigenvalue weighted by Gasteiger charge is -2.24. The van der Waals surface area contributed by atoms with Crippen molar-refractivity contribution < 1.29 is 36.1 Å². The third-order valence-corrected chi connectivity index (χ3v) is 8.82. The Kier molecular flexibility index (Phi) is 8.00. The predicted molar refractivity (Wildman–Crippen MR) is 146 cm³/mol. The smallest absolute Gasteiger partial charge is 0.305 e. The van der Waals surface area contributed by atoms with Gasteiger partial charge in [-0.15, -0.1) is 0 Å². The molecule has 204 valence electrons. The van der Waals surface area contributed by atoms with Crippen LogP contribution in [0.1, 0.15) is 34.3 Å². The number of fused-ring (bicyclic) bond motifs is 2. The number of nitrogens with zero attached hydrogens (tertiary/aromatic N) is 2. The molecular formula is C27H26N2O8S2. The van der Waals surface area contributed by atoms with E-state index in [1.54, 1.807) is 61.5 Å². The molecule has 0 fully saturated rings. The number of aliphatic carboxylic acids is 1. The monoisotopic (exact) mass is 570 g/mol. The maximum absolute atomic E-state index is 14.2. The van der Waals surface area contributed by atoms with E-state index in [1.165, 1.54) is 12.1 Å². The Hall–Kier alpha value is -3.87. The summed E-state index contributed by atoms with van der Waals surface area (Å²) in [6.07, 6.45) is -0.418. The fourth-order valence-electron chi connectivity index (χ4n) is 4.38. The van der Waals surface area contributed by atoms with Crippen molar-refractivity contribution in [1.82, 2.24) is 9.29 Å². The van der Waals surface area contributed by atoms with Crippen LogP contribution in [0.5, 0.6) is 0 Å². The predicted octanol–water partition coefficient (Wildman–Crippen LogP) is 3.82. The van der Waals surface area contributed by atoms with Crippen LogP contribution in [0.3, 0.4) is 0 Å². The Balaban J connectivity index is 1.95. The van der Waals surface area contributed by atoms with E-state index in [0.29, 0.717) is 31.7 Å². The number of carboxylic acids is 1. The Morgan fingerprint density at radius 2 is 1.56 bits per heavy atom. The number of carbonyl (C=O) groups excluding carboxylic acids is 1. The standard InChI is InChI=1S/C27H26N2O8S2/c1-18-11-13-20(14-12-18)39(36,37)29(16-15-24(30)31)27(32)26-21-8-2-3-9-22(21)28-23-10-4-6-19(25(23)26)7-5-17-38(33,34)35/h2-4,6,8-14H,5,7,15-17H2,1H3,(H,30,31)(H,33,34,35). The van der Waals surface area contributed by atoms with Crippen molar-refractivity contribution >= 4 is 53.8 Å². The Bertz CT molecular complexity index is 1780. The van der Waals surface area contributed by atoms with Crippen LogP contribution in [0.4, 0.5) is 0 Å². The average molecular weight is 571 g/mol. The largest absolute Gasteiger partial charge is 0.481 e. The molecule has 0 radical (unpaired) electrons. The van der Waals surface area contributed by atoms with E-state index in [0.717, 1.165) is 5.56 Å². The molecule has 4 rings (SSSR count).